The number of hydrogen-bond donors (Lipinski definition) is 2. The number of hydrogen-bond acceptors (Lipinski definition) is 3. The fraction of sp³-hybridized carbons (Fsp3) is 0.273. The molecule has 1 aromatic rings. The van der Waals surface area contributed by atoms with E-state index in [2.05, 4.69) is 10.1 Å². The number of halogens is 2. The Morgan fingerprint density at radius 3 is 2.56 bits per heavy atom. The summed E-state index contributed by atoms with van der Waals surface area (Å²) >= 11 is 5.66. The van der Waals surface area contributed by atoms with Gasteiger partial charge in [-0.3, -0.25) is 5.32 Å². The van der Waals surface area contributed by atoms with Crippen molar-refractivity contribution in [3.63, 3.8) is 0 Å². The van der Waals surface area contributed by atoms with E-state index in [0.717, 1.165) is 0 Å². The molecule has 0 radical (unpaired) electrons. The first-order valence-electron chi connectivity index (χ1n) is 5.16. The molecule has 2 N–H and O–H groups in total. The van der Waals surface area contributed by atoms with Crippen LogP contribution >= 0.6 is 11.6 Å². The van der Waals surface area contributed by atoms with Crippen molar-refractivity contribution in [1.82, 2.24) is 5.32 Å². The number of urea groups is 1. The Hall–Kier alpha value is -1.82. The lowest BCUT2D eigenvalue weighted by atomic mass is 10.3. The topological polar surface area (TPSA) is 67.4 Å². The van der Waals surface area contributed by atoms with Gasteiger partial charge in [-0.05, 0) is 31.2 Å². The number of ether oxygens (including phenoxy) is 1. The van der Waals surface area contributed by atoms with Crippen molar-refractivity contribution in [3.8, 4) is 0 Å². The van der Waals surface area contributed by atoms with Crippen LogP contribution in [0.25, 0.3) is 0 Å². The van der Waals surface area contributed by atoms with Crippen molar-refractivity contribution >= 4 is 29.3 Å². The van der Waals surface area contributed by atoms with Crippen molar-refractivity contribution in [1.29, 1.82) is 0 Å². The number of alkyl halides is 1. The summed E-state index contributed by atoms with van der Waals surface area (Å²) in [4.78, 5) is 22.2. The van der Waals surface area contributed by atoms with Crippen LogP contribution in [-0.2, 0) is 9.53 Å². The van der Waals surface area contributed by atoms with Gasteiger partial charge >= 0.3 is 12.0 Å². The van der Waals surface area contributed by atoms with Gasteiger partial charge in [-0.25, -0.2) is 14.0 Å². The van der Waals surface area contributed by atoms with Gasteiger partial charge < -0.3 is 10.1 Å². The lowest BCUT2D eigenvalue weighted by Crippen LogP contribution is -2.41. The number of carbonyl (C=O) groups excluding carboxylic acids is 2. The van der Waals surface area contributed by atoms with Gasteiger partial charge in [0.15, 0.2) is 0 Å². The molecule has 0 aliphatic carbocycles. The highest BCUT2D eigenvalue weighted by Gasteiger charge is 2.20. The molecule has 0 saturated carbocycles. The molecule has 0 aromatic heterocycles. The van der Waals surface area contributed by atoms with E-state index in [-0.39, 0.29) is 6.61 Å². The van der Waals surface area contributed by atoms with Crippen LogP contribution in [0, 0.1) is 0 Å². The lowest BCUT2D eigenvalue weighted by Gasteiger charge is -2.10. The lowest BCUT2D eigenvalue weighted by molar-refractivity contribution is -0.149. The quantitative estimate of drug-likeness (QED) is 0.654. The van der Waals surface area contributed by atoms with E-state index in [0.29, 0.717) is 10.7 Å². The summed E-state index contributed by atoms with van der Waals surface area (Å²) in [7, 11) is 0. The second-order valence-corrected chi connectivity index (χ2v) is 3.66. The summed E-state index contributed by atoms with van der Waals surface area (Å²) in [5.41, 5.74) is 0.424. The van der Waals surface area contributed by atoms with Crippen LogP contribution < -0.4 is 10.6 Å². The first kappa shape index (κ1) is 14.2. The Morgan fingerprint density at radius 1 is 1.39 bits per heavy atom. The minimum atomic E-state index is -2.20. The van der Waals surface area contributed by atoms with Gasteiger partial charge in [-0.1, -0.05) is 11.6 Å². The van der Waals surface area contributed by atoms with E-state index in [1.54, 1.807) is 36.5 Å². The minimum Gasteiger partial charge on any atom is -0.462 e. The zero-order valence-electron chi connectivity index (χ0n) is 9.57. The molecule has 0 aliphatic rings. The summed E-state index contributed by atoms with van der Waals surface area (Å²) in [6.45, 7) is 1.58. The van der Waals surface area contributed by atoms with E-state index < -0.39 is 18.3 Å². The minimum absolute atomic E-state index is 0.0414. The van der Waals surface area contributed by atoms with Crippen LogP contribution in [-0.4, -0.2) is 24.9 Å². The van der Waals surface area contributed by atoms with Crippen molar-refractivity contribution in [2.24, 2.45) is 0 Å². The van der Waals surface area contributed by atoms with Crippen LogP contribution in [0.4, 0.5) is 14.9 Å². The van der Waals surface area contributed by atoms with Crippen molar-refractivity contribution in [2.45, 2.75) is 13.2 Å². The SMILES string of the molecule is CCOC(=O)C(F)NC(=O)Nc1ccc(Cl)cc1. The molecule has 7 heteroatoms. The molecule has 0 fully saturated rings. The highest BCUT2D eigenvalue weighted by molar-refractivity contribution is 6.30. The van der Waals surface area contributed by atoms with Crippen LogP contribution in [0.15, 0.2) is 24.3 Å². The van der Waals surface area contributed by atoms with E-state index in [4.69, 9.17) is 11.6 Å². The van der Waals surface area contributed by atoms with E-state index in [1.165, 1.54) is 0 Å². The fourth-order valence-electron chi connectivity index (χ4n) is 1.09. The second kappa shape index (κ2) is 6.80. The van der Waals surface area contributed by atoms with E-state index in [9.17, 15) is 14.0 Å². The summed E-state index contributed by atoms with van der Waals surface area (Å²) in [6, 6.07) is 5.36. The highest BCUT2D eigenvalue weighted by Crippen LogP contribution is 2.13. The maximum Gasteiger partial charge on any atom is 0.361 e. The Kier molecular flexibility index (Phi) is 5.38. The van der Waals surface area contributed by atoms with Crippen LogP contribution in [0.3, 0.4) is 0 Å². The predicted octanol–water partition coefficient (Wildman–Crippen LogP) is 2.32. The van der Waals surface area contributed by atoms with Crippen LogP contribution in [0.1, 0.15) is 6.92 Å². The summed E-state index contributed by atoms with van der Waals surface area (Å²) in [6.07, 6.45) is -2.20. The molecule has 5 nitrogen and oxygen atoms in total. The molecule has 2 amide bonds. The number of amides is 2. The number of nitrogens with one attached hydrogen (secondary N) is 2. The monoisotopic (exact) mass is 274 g/mol. The molecule has 0 heterocycles. The fourth-order valence-corrected chi connectivity index (χ4v) is 1.22. The Balaban J connectivity index is 2.46. The molecule has 0 spiro atoms. The largest absolute Gasteiger partial charge is 0.462 e. The number of carbonyl (C=O) groups is 2. The van der Waals surface area contributed by atoms with Crippen LogP contribution in [0.2, 0.25) is 5.02 Å². The normalized spacial score (nSPS) is 11.5. The number of esters is 1. The van der Waals surface area contributed by atoms with Gasteiger partial charge in [0.1, 0.15) is 0 Å². The predicted molar refractivity (Wildman–Crippen MR) is 65.1 cm³/mol. The summed E-state index contributed by atoms with van der Waals surface area (Å²) < 4.78 is 17.5. The third kappa shape index (κ3) is 4.58. The van der Waals surface area contributed by atoms with Gasteiger partial charge in [0.25, 0.3) is 6.30 Å². The molecule has 1 aromatic carbocycles. The molecular formula is C11H12ClFN2O3. The number of rotatable bonds is 4. The van der Waals surface area contributed by atoms with E-state index in [1.807, 2.05) is 0 Å². The molecule has 98 valence electrons. The smallest absolute Gasteiger partial charge is 0.361 e. The van der Waals surface area contributed by atoms with Gasteiger partial charge in [0.05, 0.1) is 6.61 Å². The maximum absolute atomic E-state index is 13.1. The van der Waals surface area contributed by atoms with Gasteiger partial charge in [0, 0.05) is 10.7 Å². The molecule has 1 rings (SSSR count). The van der Waals surface area contributed by atoms with Gasteiger partial charge in [-0.2, -0.15) is 0 Å². The van der Waals surface area contributed by atoms with Crippen molar-refractivity contribution in [2.75, 3.05) is 11.9 Å². The Labute approximate surface area is 108 Å². The average molecular weight is 275 g/mol. The van der Waals surface area contributed by atoms with Gasteiger partial charge in [0.2, 0.25) is 0 Å². The second-order valence-electron chi connectivity index (χ2n) is 3.22. The first-order valence-corrected chi connectivity index (χ1v) is 5.54. The molecule has 0 aliphatic heterocycles. The maximum atomic E-state index is 13.1. The summed E-state index contributed by atoms with van der Waals surface area (Å²) in [5.74, 6) is -1.14. The molecule has 1 unspecified atom stereocenters. The third-order valence-corrected chi connectivity index (χ3v) is 2.11. The first-order chi connectivity index (χ1) is 8.52. The number of benzene rings is 1. The van der Waals surface area contributed by atoms with Gasteiger partial charge in [-0.15, -0.1) is 0 Å². The van der Waals surface area contributed by atoms with Crippen LogP contribution in [0.5, 0.6) is 0 Å². The third-order valence-electron chi connectivity index (χ3n) is 1.85. The summed E-state index contributed by atoms with van der Waals surface area (Å²) in [5, 5.41) is 4.65. The Bertz CT molecular complexity index is 425. The molecular weight excluding hydrogens is 263 g/mol. The number of anilines is 1. The molecule has 0 bridgehead atoms. The zero-order chi connectivity index (χ0) is 13.5. The highest BCUT2D eigenvalue weighted by atomic mass is 35.5. The zero-order valence-corrected chi connectivity index (χ0v) is 10.3. The standard InChI is InChI=1S/C11H12ClFN2O3/c1-2-18-10(16)9(13)15-11(17)14-8-5-3-7(12)4-6-8/h3-6,9H,2H2,1H3,(H2,14,15,17). The van der Waals surface area contributed by atoms with E-state index >= 15 is 0 Å². The molecule has 18 heavy (non-hydrogen) atoms. The molecule has 0 saturated heterocycles. The van der Waals surface area contributed by atoms with Crippen molar-refractivity contribution in [3.05, 3.63) is 29.3 Å². The van der Waals surface area contributed by atoms with Crippen molar-refractivity contribution < 1.29 is 18.7 Å². The molecule has 1 atom stereocenters. The average Bonchev–Trinajstić information content (AvgIpc) is 2.32. The Morgan fingerprint density at radius 2 is 2.00 bits per heavy atom.